The van der Waals surface area contributed by atoms with Gasteiger partial charge in [-0.1, -0.05) is 19.4 Å². The molecular formula is C13H22N2OS. The molecule has 0 aliphatic carbocycles. The molecule has 0 aromatic carbocycles. The first-order valence-electron chi connectivity index (χ1n) is 6.28. The Morgan fingerprint density at radius 1 is 1.59 bits per heavy atom. The van der Waals surface area contributed by atoms with Crippen LogP contribution in [0.2, 0.25) is 0 Å². The van der Waals surface area contributed by atoms with Gasteiger partial charge in [0, 0.05) is 23.9 Å². The van der Waals surface area contributed by atoms with E-state index in [1.165, 1.54) is 4.88 Å². The lowest BCUT2D eigenvalue weighted by molar-refractivity contribution is -0.121. The third kappa shape index (κ3) is 5.84. The highest BCUT2D eigenvalue weighted by Gasteiger charge is 2.09. The molecular weight excluding hydrogens is 232 g/mol. The van der Waals surface area contributed by atoms with Gasteiger partial charge in [0.05, 0.1) is 0 Å². The van der Waals surface area contributed by atoms with Crippen LogP contribution in [0.5, 0.6) is 0 Å². The molecule has 0 radical (unpaired) electrons. The minimum Gasteiger partial charge on any atom is -0.352 e. The van der Waals surface area contributed by atoms with E-state index in [0.717, 1.165) is 25.7 Å². The predicted octanol–water partition coefficient (Wildman–Crippen LogP) is 2.31. The summed E-state index contributed by atoms with van der Waals surface area (Å²) >= 11 is 1.75. The van der Waals surface area contributed by atoms with Crippen molar-refractivity contribution in [3.05, 3.63) is 22.4 Å². The largest absolute Gasteiger partial charge is 0.352 e. The van der Waals surface area contributed by atoms with Crippen molar-refractivity contribution < 1.29 is 4.79 Å². The summed E-state index contributed by atoms with van der Waals surface area (Å²) in [6.07, 6.45) is 4.52. The predicted molar refractivity (Wildman–Crippen MR) is 73.2 cm³/mol. The van der Waals surface area contributed by atoms with E-state index in [0.29, 0.717) is 13.0 Å². The molecule has 0 spiro atoms. The highest BCUT2D eigenvalue weighted by atomic mass is 32.1. The second kappa shape index (κ2) is 8.25. The lowest BCUT2D eigenvalue weighted by atomic mass is 10.1. The van der Waals surface area contributed by atoms with E-state index < -0.39 is 0 Å². The molecule has 1 atom stereocenters. The van der Waals surface area contributed by atoms with Crippen LogP contribution in [0.1, 0.15) is 37.5 Å². The summed E-state index contributed by atoms with van der Waals surface area (Å²) in [5.74, 6) is 0.130. The van der Waals surface area contributed by atoms with Crippen LogP contribution in [0.15, 0.2) is 17.5 Å². The van der Waals surface area contributed by atoms with Crippen molar-refractivity contribution in [1.29, 1.82) is 0 Å². The summed E-state index contributed by atoms with van der Waals surface area (Å²) in [5, 5.41) is 5.06. The summed E-state index contributed by atoms with van der Waals surface area (Å²) in [6, 6.07) is 4.31. The molecule has 0 bridgehead atoms. The van der Waals surface area contributed by atoms with Gasteiger partial charge in [0.25, 0.3) is 0 Å². The van der Waals surface area contributed by atoms with Crippen LogP contribution in [0, 0.1) is 0 Å². The van der Waals surface area contributed by atoms with Crippen molar-refractivity contribution in [2.75, 3.05) is 6.54 Å². The average Bonchev–Trinajstić information content (AvgIpc) is 2.81. The van der Waals surface area contributed by atoms with Crippen LogP contribution in [0.25, 0.3) is 0 Å². The zero-order valence-electron chi connectivity index (χ0n) is 10.4. The molecule has 3 N–H and O–H groups in total. The minimum absolute atomic E-state index is 0.130. The SMILES string of the molecule is CCCC(CN)NC(=O)CCCc1cccs1. The Bertz CT molecular complexity index is 311. The maximum absolute atomic E-state index is 11.7. The number of nitrogens with one attached hydrogen (secondary N) is 1. The topological polar surface area (TPSA) is 55.1 Å². The van der Waals surface area contributed by atoms with Gasteiger partial charge >= 0.3 is 0 Å². The van der Waals surface area contributed by atoms with E-state index in [-0.39, 0.29) is 11.9 Å². The van der Waals surface area contributed by atoms with E-state index in [4.69, 9.17) is 5.73 Å². The van der Waals surface area contributed by atoms with Gasteiger partial charge in [0.2, 0.25) is 5.91 Å². The van der Waals surface area contributed by atoms with Gasteiger partial charge in [-0.25, -0.2) is 0 Å². The fourth-order valence-electron chi connectivity index (χ4n) is 1.78. The number of nitrogens with two attached hydrogens (primary N) is 1. The van der Waals surface area contributed by atoms with Gasteiger partial charge in [-0.15, -0.1) is 11.3 Å². The van der Waals surface area contributed by atoms with Gasteiger partial charge in [-0.2, -0.15) is 0 Å². The summed E-state index contributed by atoms with van der Waals surface area (Å²) in [6.45, 7) is 2.64. The van der Waals surface area contributed by atoms with Crippen LogP contribution >= 0.6 is 11.3 Å². The van der Waals surface area contributed by atoms with Gasteiger partial charge < -0.3 is 11.1 Å². The Labute approximate surface area is 107 Å². The van der Waals surface area contributed by atoms with Gasteiger partial charge in [0.1, 0.15) is 0 Å². The molecule has 17 heavy (non-hydrogen) atoms. The zero-order valence-corrected chi connectivity index (χ0v) is 11.3. The second-order valence-electron chi connectivity index (χ2n) is 4.22. The monoisotopic (exact) mass is 254 g/mol. The molecule has 0 fully saturated rings. The van der Waals surface area contributed by atoms with E-state index >= 15 is 0 Å². The van der Waals surface area contributed by atoms with Gasteiger partial charge in [-0.05, 0) is 30.7 Å². The maximum atomic E-state index is 11.7. The Morgan fingerprint density at radius 3 is 3.00 bits per heavy atom. The third-order valence-electron chi connectivity index (χ3n) is 2.69. The number of hydrogen-bond donors (Lipinski definition) is 2. The number of hydrogen-bond acceptors (Lipinski definition) is 3. The molecule has 1 unspecified atom stereocenters. The standard InChI is InChI=1S/C13H22N2OS/c1-2-5-11(10-14)15-13(16)8-3-6-12-7-4-9-17-12/h4,7,9,11H,2-3,5-6,8,10,14H2,1H3,(H,15,16). The molecule has 0 saturated heterocycles. The molecule has 96 valence electrons. The van der Waals surface area contributed by atoms with E-state index in [1.807, 2.05) is 6.07 Å². The van der Waals surface area contributed by atoms with Gasteiger partial charge in [-0.3, -0.25) is 4.79 Å². The first kappa shape index (κ1) is 14.2. The third-order valence-corrected chi connectivity index (χ3v) is 3.63. The number of amides is 1. The normalized spacial score (nSPS) is 12.4. The number of rotatable bonds is 8. The zero-order chi connectivity index (χ0) is 12.5. The molecule has 1 aromatic rings. The summed E-state index contributed by atoms with van der Waals surface area (Å²) < 4.78 is 0. The summed E-state index contributed by atoms with van der Waals surface area (Å²) in [7, 11) is 0. The lowest BCUT2D eigenvalue weighted by Crippen LogP contribution is -2.39. The maximum Gasteiger partial charge on any atom is 0.220 e. The first-order valence-corrected chi connectivity index (χ1v) is 7.16. The van der Waals surface area contributed by atoms with Crippen molar-refractivity contribution in [2.24, 2.45) is 5.73 Å². The molecule has 1 amide bonds. The molecule has 4 heteroatoms. The number of aryl methyl sites for hydroxylation is 1. The highest BCUT2D eigenvalue weighted by molar-refractivity contribution is 7.09. The summed E-state index contributed by atoms with van der Waals surface area (Å²) in [5.41, 5.74) is 5.60. The van der Waals surface area contributed by atoms with Crippen molar-refractivity contribution in [2.45, 2.75) is 45.1 Å². The number of thiophene rings is 1. The molecule has 0 aliphatic heterocycles. The van der Waals surface area contributed by atoms with E-state index in [1.54, 1.807) is 11.3 Å². The number of carbonyl (C=O) groups excluding carboxylic acids is 1. The molecule has 1 aromatic heterocycles. The smallest absolute Gasteiger partial charge is 0.220 e. The Kier molecular flexibility index (Phi) is 6.89. The van der Waals surface area contributed by atoms with Crippen molar-refractivity contribution in [3.8, 4) is 0 Å². The van der Waals surface area contributed by atoms with Crippen LogP contribution in [0.4, 0.5) is 0 Å². The van der Waals surface area contributed by atoms with E-state index in [2.05, 4.69) is 23.7 Å². The van der Waals surface area contributed by atoms with Gasteiger partial charge in [0.15, 0.2) is 0 Å². The van der Waals surface area contributed by atoms with Crippen LogP contribution in [0.3, 0.4) is 0 Å². The average molecular weight is 254 g/mol. The van der Waals surface area contributed by atoms with Crippen molar-refractivity contribution in [1.82, 2.24) is 5.32 Å². The molecule has 1 heterocycles. The molecule has 0 aliphatic rings. The summed E-state index contributed by atoms with van der Waals surface area (Å²) in [4.78, 5) is 13.0. The highest BCUT2D eigenvalue weighted by Crippen LogP contribution is 2.11. The lowest BCUT2D eigenvalue weighted by Gasteiger charge is -2.15. The van der Waals surface area contributed by atoms with Crippen molar-refractivity contribution in [3.63, 3.8) is 0 Å². The molecule has 0 saturated carbocycles. The van der Waals surface area contributed by atoms with Crippen LogP contribution in [-0.2, 0) is 11.2 Å². The van der Waals surface area contributed by atoms with E-state index in [9.17, 15) is 4.79 Å². The second-order valence-corrected chi connectivity index (χ2v) is 5.25. The first-order chi connectivity index (χ1) is 8.26. The van der Waals surface area contributed by atoms with Crippen LogP contribution in [-0.4, -0.2) is 18.5 Å². The minimum atomic E-state index is 0.130. The quantitative estimate of drug-likeness (QED) is 0.748. The van der Waals surface area contributed by atoms with Crippen molar-refractivity contribution >= 4 is 17.2 Å². The fraction of sp³-hybridized carbons (Fsp3) is 0.615. The molecule has 1 rings (SSSR count). The molecule has 3 nitrogen and oxygen atoms in total. The number of carbonyl (C=O) groups is 1. The fourth-order valence-corrected chi connectivity index (χ4v) is 2.53. The Hall–Kier alpha value is -0.870. The Balaban J connectivity index is 2.16. The Morgan fingerprint density at radius 2 is 2.41 bits per heavy atom. The van der Waals surface area contributed by atoms with Crippen LogP contribution < -0.4 is 11.1 Å².